The van der Waals surface area contributed by atoms with Crippen LogP contribution in [0.3, 0.4) is 0 Å². The average molecular weight is 341 g/mol. The highest BCUT2D eigenvalue weighted by Crippen LogP contribution is 2.46. The van der Waals surface area contributed by atoms with Crippen molar-refractivity contribution < 1.29 is 19.1 Å². The van der Waals surface area contributed by atoms with Crippen LogP contribution < -0.4 is 4.74 Å². The van der Waals surface area contributed by atoms with E-state index in [0.717, 1.165) is 24.1 Å². The number of hydrogen-bond acceptors (Lipinski definition) is 5. The van der Waals surface area contributed by atoms with Crippen molar-refractivity contribution >= 4 is 17.5 Å². The quantitative estimate of drug-likeness (QED) is 0.787. The van der Waals surface area contributed by atoms with Gasteiger partial charge in [-0.1, -0.05) is 18.2 Å². The number of ketones is 1. The van der Waals surface area contributed by atoms with Gasteiger partial charge < -0.3 is 9.47 Å². The van der Waals surface area contributed by atoms with Crippen LogP contribution in [0, 0.1) is 5.92 Å². The normalized spacial score (nSPS) is 23.0. The summed E-state index contributed by atoms with van der Waals surface area (Å²) in [5.41, 5.74) is 3.00. The predicted octanol–water partition coefficient (Wildman–Crippen LogP) is 3.44. The van der Waals surface area contributed by atoms with Crippen LogP contribution in [0.5, 0.6) is 5.75 Å². The van der Waals surface area contributed by atoms with Crippen LogP contribution in [0.4, 0.5) is 0 Å². The molecule has 5 nitrogen and oxygen atoms in total. The summed E-state index contributed by atoms with van der Waals surface area (Å²) in [6, 6.07) is 7.60. The summed E-state index contributed by atoms with van der Waals surface area (Å²) in [7, 11) is 1.37. The number of hydrogen-bond donors (Lipinski definition) is 0. The molecule has 3 rings (SSSR count). The van der Waals surface area contributed by atoms with Gasteiger partial charge in [-0.05, 0) is 32.8 Å². The zero-order valence-electron chi connectivity index (χ0n) is 14.9. The van der Waals surface area contributed by atoms with E-state index in [1.165, 1.54) is 7.11 Å². The Morgan fingerprint density at radius 3 is 2.76 bits per heavy atom. The van der Waals surface area contributed by atoms with Gasteiger partial charge in [-0.3, -0.25) is 14.6 Å². The fourth-order valence-electron chi connectivity index (χ4n) is 3.80. The van der Waals surface area contributed by atoms with Crippen LogP contribution >= 0.6 is 0 Å². The minimum atomic E-state index is -0.604. The van der Waals surface area contributed by atoms with Crippen molar-refractivity contribution in [1.29, 1.82) is 0 Å². The average Bonchev–Trinajstić information content (AvgIpc) is 2.61. The second-order valence-electron chi connectivity index (χ2n) is 6.34. The Balaban J connectivity index is 2.20. The number of para-hydroxylation sites is 1. The van der Waals surface area contributed by atoms with E-state index < -0.39 is 11.8 Å². The molecule has 5 heteroatoms. The van der Waals surface area contributed by atoms with Crippen molar-refractivity contribution in [3.05, 3.63) is 41.1 Å². The molecule has 1 aliphatic heterocycles. The molecule has 25 heavy (non-hydrogen) atoms. The molecule has 0 aromatic heterocycles. The Morgan fingerprint density at radius 1 is 1.28 bits per heavy atom. The Labute approximate surface area is 147 Å². The number of nitrogens with zero attached hydrogens (tertiary/aromatic N) is 1. The lowest BCUT2D eigenvalue weighted by Crippen LogP contribution is -2.37. The molecule has 0 N–H and O–H groups in total. The minimum Gasteiger partial charge on any atom is -0.494 e. The Kier molecular flexibility index (Phi) is 5.02. The van der Waals surface area contributed by atoms with E-state index >= 15 is 0 Å². The van der Waals surface area contributed by atoms with Crippen LogP contribution in [0.2, 0.25) is 0 Å². The van der Waals surface area contributed by atoms with Crippen molar-refractivity contribution in [2.24, 2.45) is 10.9 Å². The minimum absolute atomic E-state index is 0.0719. The molecule has 0 spiro atoms. The maximum atomic E-state index is 12.7. The van der Waals surface area contributed by atoms with Gasteiger partial charge in [0.15, 0.2) is 5.78 Å². The molecule has 0 amide bonds. The third kappa shape index (κ3) is 3.11. The predicted molar refractivity (Wildman–Crippen MR) is 94.9 cm³/mol. The number of Topliss-reactive ketones (excluding diaryl/α,β-unsaturated/α-hetero) is 1. The van der Waals surface area contributed by atoms with Gasteiger partial charge in [-0.15, -0.1) is 0 Å². The molecule has 1 aromatic rings. The van der Waals surface area contributed by atoms with Crippen LogP contribution in [0.1, 0.15) is 44.6 Å². The van der Waals surface area contributed by atoms with Gasteiger partial charge >= 0.3 is 5.97 Å². The van der Waals surface area contributed by atoms with E-state index in [9.17, 15) is 9.59 Å². The van der Waals surface area contributed by atoms with E-state index in [1.54, 1.807) is 0 Å². The first-order valence-electron chi connectivity index (χ1n) is 8.69. The first-order chi connectivity index (χ1) is 12.1. The molecule has 1 aliphatic carbocycles. The summed E-state index contributed by atoms with van der Waals surface area (Å²) >= 11 is 0. The van der Waals surface area contributed by atoms with Gasteiger partial charge in [-0.25, -0.2) is 0 Å². The highest BCUT2D eigenvalue weighted by atomic mass is 16.5. The van der Waals surface area contributed by atoms with Crippen LogP contribution in [0.25, 0.3) is 0 Å². The van der Waals surface area contributed by atoms with E-state index in [1.807, 2.05) is 38.1 Å². The van der Waals surface area contributed by atoms with E-state index in [-0.39, 0.29) is 11.8 Å². The fraction of sp³-hybridized carbons (Fsp3) is 0.450. The second kappa shape index (κ2) is 7.21. The number of ether oxygens (including phenoxy) is 2. The Bertz CT molecular complexity index is 763. The molecule has 1 aromatic carbocycles. The number of carbonyl (C=O) groups is 2. The third-order valence-corrected chi connectivity index (χ3v) is 4.84. The van der Waals surface area contributed by atoms with E-state index in [4.69, 9.17) is 9.47 Å². The molecule has 0 bridgehead atoms. The van der Waals surface area contributed by atoms with Gasteiger partial charge in [0.1, 0.15) is 11.7 Å². The molecule has 132 valence electrons. The van der Waals surface area contributed by atoms with E-state index in [0.29, 0.717) is 30.1 Å². The molecule has 0 unspecified atom stereocenters. The maximum absolute atomic E-state index is 12.7. The van der Waals surface area contributed by atoms with Crippen molar-refractivity contribution in [3.8, 4) is 5.75 Å². The van der Waals surface area contributed by atoms with Gasteiger partial charge in [0.25, 0.3) is 0 Å². The van der Waals surface area contributed by atoms with Gasteiger partial charge in [0.2, 0.25) is 0 Å². The molecule has 2 atom stereocenters. The monoisotopic (exact) mass is 341 g/mol. The number of allylic oxidation sites excluding steroid dienone is 2. The molecule has 1 heterocycles. The topological polar surface area (TPSA) is 65.0 Å². The maximum Gasteiger partial charge on any atom is 0.315 e. The van der Waals surface area contributed by atoms with Gasteiger partial charge in [-0.2, -0.15) is 0 Å². The number of methoxy groups -OCH3 is 1. The standard InChI is InChI=1S/C20H23NO4/c1-4-25-16-11-6-5-8-13(16)18-17(20(23)24-3)12(2)21-14-9-7-10-15(22)19(14)18/h5-6,8,11,17-18H,4,7,9-10H2,1-3H3/t17-,18+/m1/s1. The number of aliphatic imine (C=N–C) groups is 1. The zero-order valence-corrected chi connectivity index (χ0v) is 14.9. The number of benzene rings is 1. The van der Waals surface area contributed by atoms with Crippen molar-refractivity contribution in [2.45, 2.75) is 39.0 Å². The highest BCUT2D eigenvalue weighted by Gasteiger charge is 2.43. The number of carbonyl (C=O) groups excluding carboxylic acids is 2. The largest absolute Gasteiger partial charge is 0.494 e. The SMILES string of the molecule is CCOc1ccccc1[C@@H]1C2=C(CCCC2=O)N=C(C)[C@H]1C(=O)OC. The lowest BCUT2D eigenvalue weighted by Gasteiger charge is -2.34. The van der Waals surface area contributed by atoms with Gasteiger partial charge in [0.05, 0.1) is 13.7 Å². The summed E-state index contributed by atoms with van der Waals surface area (Å²) in [6.07, 6.45) is 2.06. The van der Waals surface area contributed by atoms with Crippen molar-refractivity contribution in [2.75, 3.05) is 13.7 Å². The molecule has 0 fully saturated rings. The molecule has 0 saturated heterocycles. The third-order valence-electron chi connectivity index (χ3n) is 4.84. The summed E-state index contributed by atoms with van der Waals surface area (Å²) in [4.78, 5) is 29.8. The summed E-state index contributed by atoms with van der Waals surface area (Å²) in [5, 5.41) is 0. The van der Waals surface area contributed by atoms with Crippen LogP contribution in [-0.4, -0.2) is 31.2 Å². The first-order valence-corrected chi connectivity index (χ1v) is 8.69. The molecule has 0 saturated carbocycles. The highest BCUT2D eigenvalue weighted by molar-refractivity contribution is 6.08. The summed E-state index contributed by atoms with van der Waals surface area (Å²) in [6.45, 7) is 4.26. The fourth-order valence-corrected chi connectivity index (χ4v) is 3.80. The summed E-state index contributed by atoms with van der Waals surface area (Å²) in [5.74, 6) is -0.614. The van der Waals surface area contributed by atoms with Crippen molar-refractivity contribution in [3.63, 3.8) is 0 Å². The molecular formula is C20H23NO4. The van der Waals surface area contributed by atoms with Crippen molar-refractivity contribution in [1.82, 2.24) is 0 Å². The molecule has 0 radical (unpaired) electrons. The number of rotatable bonds is 4. The lowest BCUT2D eigenvalue weighted by molar-refractivity contribution is -0.143. The summed E-state index contributed by atoms with van der Waals surface area (Å²) < 4.78 is 10.8. The first kappa shape index (κ1) is 17.4. The van der Waals surface area contributed by atoms with E-state index in [2.05, 4.69) is 4.99 Å². The molecule has 2 aliphatic rings. The van der Waals surface area contributed by atoms with Crippen LogP contribution in [-0.2, 0) is 14.3 Å². The van der Waals surface area contributed by atoms with Gasteiger partial charge in [0, 0.05) is 34.9 Å². The number of esters is 1. The second-order valence-corrected chi connectivity index (χ2v) is 6.34. The molecular weight excluding hydrogens is 318 g/mol. The Hall–Kier alpha value is -2.43. The smallest absolute Gasteiger partial charge is 0.315 e. The zero-order chi connectivity index (χ0) is 18.0. The Morgan fingerprint density at radius 2 is 2.04 bits per heavy atom. The lowest BCUT2D eigenvalue weighted by atomic mass is 9.71. The van der Waals surface area contributed by atoms with Crippen LogP contribution in [0.15, 0.2) is 40.5 Å².